The van der Waals surface area contributed by atoms with E-state index in [0.29, 0.717) is 31.9 Å². The smallest absolute Gasteiger partial charge is 0.209 e. The largest absolute Gasteiger partial charge is 0.768 e. The fourth-order valence-electron chi connectivity index (χ4n) is 2.11. The topological polar surface area (TPSA) is 79.9 Å². The summed E-state index contributed by atoms with van der Waals surface area (Å²) in [6, 6.07) is 1.75. The molecule has 0 saturated carbocycles. The number of hydrogen-bond donors (Lipinski definition) is 1. The number of ether oxygens (including phenoxy) is 3. The van der Waals surface area contributed by atoms with E-state index in [1.165, 1.54) is 11.3 Å². The first-order valence-corrected chi connectivity index (χ1v) is 8.30. The van der Waals surface area contributed by atoms with Gasteiger partial charge in [0.25, 0.3) is 0 Å². The molecule has 1 aliphatic heterocycles. The van der Waals surface area contributed by atoms with Crippen molar-refractivity contribution in [2.24, 2.45) is 0 Å². The lowest BCUT2D eigenvalue weighted by Crippen LogP contribution is -2.40. The molecule has 1 N–H and O–H groups in total. The van der Waals surface area contributed by atoms with Crippen LogP contribution in [0.2, 0.25) is 0 Å². The van der Waals surface area contributed by atoms with Gasteiger partial charge in [-0.3, -0.25) is 4.21 Å². The van der Waals surface area contributed by atoms with Crippen LogP contribution in [0.1, 0.15) is 12.0 Å². The van der Waals surface area contributed by atoms with Crippen molar-refractivity contribution in [3.63, 3.8) is 0 Å². The van der Waals surface area contributed by atoms with Crippen LogP contribution < -0.4 is 5.32 Å². The zero-order valence-corrected chi connectivity index (χ0v) is 12.9. The predicted octanol–water partition coefficient (Wildman–Crippen LogP) is 0.812. The minimum Gasteiger partial charge on any atom is -0.768 e. The van der Waals surface area contributed by atoms with E-state index < -0.39 is 16.9 Å². The van der Waals surface area contributed by atoms with Crippen molar-refractivity contribution in [2.45, 2.75) is 16.4 Å². The van der Waals surface area contributed by atoms with E-state index in [2.05, 4.69) is 5.32 Å². The van der Waals surface area contributed by atoms with Gasteiger partial charge in [0, 0.05) is 19.3 Å². The molecule has 20 heavy (non-hydrogen) atoms. The van der Waals surface area contributed by atoms with E-state index >= 15 is 0 Å². The summed E-state index contributed by atoms with van der Waals surface area (Å²) >= 11 is -1.11. The molecule has 0 spiro atoms. The Morgan fingerprint density at radius 1 is 1.55 bits per heavy atom. The van der Waals surface area contributed by atoms with Gasteiger partial charge < -0.3 is 24.1 Å². The second-order valence-electron chi connectivity index (χ2n) is 4.33. The Morgan fingerprint density at radius 3 is 2.95 bits per heavy atom. The molecule has 2 rings (SSSR count). The Hall–Kier alpha value is -0.350. The normalized spacial score (nSPS) is 19.3. The first kappa shape index (κ1) is 16.0. The predicted molar refractivity (Wildman–Crippen MR) is 74.4 cm³/mol. The molecule has 1 aromatic rings. The summed E-state index contributed by atoms with van der Waals surface area (Å²) in [5, 5.41) is 4.97. The minimum absolute atomic E-state index is 0.269. The van der Waals surface area contributed by atoms with Crippen LogP contribution in [-0.2, 0) is 31.1 Å². The molecule has 1 aliphatic rings. The van der Waals surface area contributed by atoms with Gasteiger partial charge in [0.15, 0.2) is 0 Å². The van der Waals surface area contributed by atoms with E-state index in [9.17, 15) is 8.76 Å². The molecule has 0 aliphatic carbocycles. The summed E-state index contributed by atoms with van der Waals surface area (Å²) < 4.78 is 39.2. The Kier molecular flexibility index (Phi) is 6.09. The van der Waals surface area contributed by atoms with E-state index in [1.807, 2.05) is 0 Å². The maximum Gasteiger partial charge on any atom is 0.209 e. The summed E-state index contributed by atoms with van der Waals surface area (Å²) in [7, 11) is 1.66. The average Bonchev–Trinajstić information content (AvgIpc) is 3.08. The van der Waals surface area contributed by atoms with Crippen molar-refractivity contribution >= 4 is 22.4 Å². The van der Waals surface area contributed by atoms with Crippen LogP contribution in [0.5, 0.6) is 0 Å². The SMILES string of the molecule is COCCCNCC1(c2ccsc2S(=O)[O-])OCCO1. The third-order valence-corrected chi connectivity index (χ3v) is 4.93. The quantitative estimate of drug-likeness (QED) is 0.564. The summed E-state index contributed by atoms with van der Waals surface area (Å²) in [6.07, 6.45) is 0.872. The van der Waals surface area contributed by atoms with Gasteiger partial charge in [-0.25, -0.2) is 0 Å². The second-order valence-corrected chi connectivity index (χ2v) is 6.38. The maximum absolute atomic E-state index is 11.3. The average molecular weight is 320 g/mol. The highest BCUT2D eigenvalue weighted by atomic mass is 32.2. The molecule has 114 valence electrons. The molecule has 1 unspecified atom stereocenters. The third kappa shape index (κ3) is 3.64. The van der Waals surface area contributed by atoms with Gasteiger partial charge in [0.05, 0.1) is 24.0 Å². The first-order valence-electron chi connectivity index (χ1n) is 6.34. The van der Waals surface area contributed by atoms with Crippen LogP contribution in [0.3, 0.4) is 0 Å². The highest BCUT2D eigenvalue weighted by molar-refractivity contribution is 7.81. The zero-order valence-electron chi connectivity index (χ0n) is 11.3. The van der Waals surface area contributed by atoms with Crippen molar-refractivity contribution in [3.05, 3.63) is 17.0 Å². The van der Waals surface area contributed by atoms with Crippen LogP contribution in [0.4, 0.5) is 0 Å². The van der Waals surface area contributed by atoms with Crippen LogP contribution in [0.15, 0.2) is 15.7 Å². The molecule has 6 nitrogen and oxygen atoms in total. The Labute approximate surface area is 124 Å². The molecule has 2 heterocycles. The molecule has 0 radical (unpaired) electrons. The number of nitrogens with one attached hydrogen (secondary N) is 1. The minimum atomic E-state index is -2.28. The van der Waals surface area contributed by atoms with Crippen molar-refractivity contribution < 1.29 is 23.0 Å². The number of methoxy groups -OCH3 is 1. The maximum atomic E-state index is 11.3. The molecule has 1 saturated heterocycles. The summed E-state index contributed by atoms with van der Waals surface area (Å²) in [4.78, 5) is 0. The van der Waals surface area contributed by atoms with Crippen molar-refractivity contribution in [1.82, 2.24) is 5.32 Å². The Morgan fingerprint density at radius 2 is 2.30 bits per heavy atom. The third-order valence-electron chi connectivity index (χ3n) is 3.00. The molecule has 0 bridgehead atoms. The number of rotatable bonds is 8. The Bertz CT molecular complexity index is 445. The Balaban J connectivity index is 2.05. The van der Waals surface area contributed by atoms with Gasteiger partial charge >= 0.3 is 0 Å². The van der Waals surface area contributed by atoms with Crippen molar-refractivity contribution in [1.29, 1.82) is 0 Å². The van der Waals surface area contributed by atoms with Crippen LogP contribution in [-0.4, -0.2) is 48.8 Å². The summed E-state index contributed by atoms with van der Waals surface area (Å²) in [5.41, 5.74) is 0.576. The van der Waals surface area contributed by atoms with Crippen molar-refractivity contribution in [3.8, 4) is 0 Å². The highest BCUT2D eigenvalue weighted by Gasteiger charge is 2.40. The van der Waals surface area contributed by atoms with Crippen LogP contribution in [0.25, 0.3) is 0 Å². The summed E-state index contributed by atoms with van der Waals surface area (Å²) in [6.45, 7) is 2.76. The van der Waals surface area contributed by atoms with Gasteiger partial charge in [-0.1, -0.05) is 0 Å². The molecular formula is C12H18NO5S2-. The molecule has 0 aromatic carbocycles. The van der Waals surface area contributed by atoms with Gasteiger partial charge in [-0.2, -0.15) is 0 Å². The number of hydrogen-bond acceptors (Lipinski definition) is 7. The standard InChI is InChI=1S/C12H19NO5S2/c1-16-5-2-4-13-9-12(17-6-7-18-12)10-3-8-19-11(10)20(14)15/h3,8,13H,2,4-7,9H2,1H3,(H,14,15)/p-1. The lowest BCUT2D eigenvalue weighted by Gasteiger charge is -2.28. The lowest BCUT2D eigenvalue weighted by atomic mass is 10.1. The molecule has 1 atom stereocenters. The fraction of sp³-hybridized carbons (Fsp3) is 0.667. The van der Waals surface area contributed by atoms with E-state index in [4.69, 9.17) is 14.2 Å². The molecule has 0 amide bonds. The molecule has 1 aromatic heterocycles. The van der Waals surface area contributed by atoms with Gasteiger partial charge in [-0.05, 0) is 35.5 Å². The van der Waals surface area contributed by atoms with E-state index in [1.54, 1.807) is 18.6 Å². The molecule has 1 fully saturated rings. The van der Waals surface area contributed by atoms with Crippen LogP contribution >= 0.6 is 11.3 Å². The van der Waals surface area contributed by atoms with Gasteiger partial charge in [-0.15, -0.1) is 11.3 Å². The van der Waals surface area contributed by atoms with E-state index in [0.717, 1.165) is 13.0 Å². The number of thiophene rings is 1. The zero-order chi connectivity index (χ0) is 14.4. The fourth-order valence-corrected chi connectivity index (χ4v) is 3.67. The van der Waals surface area contributed by atoms with E-state index in [-0.39, 0.29) is 4.21 Å². The van der Waals surface area contributed by atoms with Crippen molar-refractivity contribution in [2.75, 3.05) is 40.0 Å². The molecule has 8 heteroatoms. The van der Waals surface area contributed by atoms with Crippen LogP contribution in [0, 0.1) is 0 Å². The first-order chi connectivity index (χ1) is 9.69. The highest BCUT2D eigenvalue weighted by Crippen LogP contribution is 2.37. The van der Waals surface area contributed by atoms with Gasteiger partial charge in [0.2, 0.25) is 5.79 Å². The monoisotopic (exact) mass is 320 g/mol. The lowest BCUT2D eigenvalue weighted by molar-refractivity contribution is -0.163. The van der Waals surface area contributed by atoms with Gasteiger partial charge in [0.1, 0.15) is 0 Å². The summed E-state index contributed by atoms with van der Waals surface area (Å²) in [5.74, 6) is -0.998. The molecular weight excluding hydrogens is 302 g/mol. The second kappa shape index (κ2) is 7.60.